The quantitative estimate of drug-likeness (QED) is 0.598. The number of carboxylic acids is 1. The van der Waals surface area contributed by atoms with Gasteiger partial charge in [0, 0.05) is 0 Å². The van der Waals surface area contributed by atoms with E-state index in [-0.39, 0.29) is 16.7 Å². The molecule has 168 valence electrons. The van der Waals surface area contributed by atoms with E-state index in [9.17, 15) is 15.0 Å². The maximum absolute atomic E-state index is 12.1. The summed E-state index contributed by atoms with van der Waals surface area (Å²) in [7, 11) is 0. The number of rotatable bonds is 5. The number of hydrogen-bond acceptors (Lipinski definition) is 4. The lowest BCUT2D eigenvalue weighted by Gasteiger charge is -2.63. The number of carbonyl (C=O) groups is 1. The van der Waals surface area contributed by atoms with Crippen molar-refractivity contribution >= 4 is 5.97 Å². The van der Waals surface area contributed by atoms with Gasteiger partial charge in [0.1, 0.15) is 11.7 Å². The van der Waals surface area contributed by atoms with Crippen LogP contribution in [0.1, 0.15) is 99.3 Å². The van der Waals surface area contributed by atoms with Gasteiger partial charge in [-0.2, -0.15) is 0 Å². The maximum Gasteiger partial charge on any atom is 0.308 e. The molecule has 3 rings (SSSR count). The van der Waals surface area contributed by atoms with E-state index in [1.165, 1.54) is 19.3 Å². The summed E-state index contributed by atoms with van der Waals surface area (Å²) in [5.41, 5.74) is -0.975. The molecule has 3 fully saturated rings. The fourth-order valence-corrected chi connectivity index (χ4v) is 6.93. The molecule has 1 heterocycles. The van der Waals surface area contributed by atoms with E-state index in [4.69, 9.17) is 9.78 Å². The molecule has 0 aromatic heterocycles. The van der Waals surface area contributed by atoms with E-state index in [2.05, 4.69) is 27.7 Å². The van der Waals surface area contributed by atoms with Crippen LogP contribution in [0.5, 0.6) is 0 Å². The Morgan fingerprint density at radius 2 is 1.76 bits per heavy atom. The highest BCUT2D eigenvalue weighted by atomic mass is 17.2. The van der Waals surface area contributed by atoms with Gasteiger partial charge in [0.2, 0.25) is 0 Å². The summed E-state index contributed by atoms with van der Waals surface area (Å²) in [5.74, 6) is -0.620. The van der Waals surface area contributed by atoms with Crippen LogP contribution in [0.15, 0.2) is 0 Å². The topological polar surface area (TPSA) is 76.0 Å². The van der Waals surface area contributed by atoms with Gasteiger partial charge in [-0.25, -0.2) is 9.78 Å². The molecule has 5 nitrogen and oxygen atoms in total. The normalized spacial score (nSPS) is 46.0. The Morgan fingerprint density at radius 1 is 1.07 bits per heavy atom. The summed E-state index contributed by atoms with van der Waals surface area (Å²) in [5, 5.41) is 21.3. The first-order valence-corrected chi connectivity index (χ1v) is 11.6. The maximum atomic E-state index is 12.1. The third-order valence-corrected chi connectivity index (χ3v) is 9.24. The fraction of sp³-hybridized carbons (Fsp3) is 0.958. The van der Waals surface area contributed by atoms with Crippen LogP contribution in [0.4, 0.5) is 0 Å². The Kier molecular flexibility index (Phi) is 6.19. The summed E-state index contributed by atoms with van der Waals surface area (Å²) in [6.45, 7) is 13.0. The number of hydrogen-bond donors (Lipinski definition) is 2. The number of fused-ring (bicyclic) bond motifs is 1. The predicted octanol–water partition coefficient (Wildman–Crippen LogP) is 5.35. The molecule has 0 unspecified atom stereocenters. The van der Waals surface area contributed by atoms with Crippen molar-refractivity contribution in [3.63, 3.8) is 0 Å². The zero-order valence-electron chi connectivity index (χ0n) is 19.3. The second kappa shape index (κ2) is 7.80. The lowest BCUT2D eigenvalue weighted by atomic mass is 9.44. The van der Waals surface area contributed by atoms with Crippen LogP contribution in [-0.4, -0.2) is 33.5 Å². The molecule has 0 radical (unpaired) electrons. The number of carboxylic acid groups (broad SMARTS) is 1. The zero-order valence-corrected chi connectivity index (χ0v) is 19.3. The Morgan fingerprint density at radius 3 is 2.34 bits per heavy atom. The van der Waals surface area contributed by atoms with Crippen LogP contribution in [0.2, 0.25) is 0 Å². The van der Waals surface area contributed by atoms with Gasteiger partial charge < -0.3 is 10.2 Å². The minimum absolute atomic E-state index is 0.0708. The van der Waals surface area contributed by atoms with E-state index < -0.39 is 29.2 Å². The highest BCUT2D eigenvalue weighted by Gasteiger charge is 2.61. The van der Waals surface area contributed by atoms with Crippen LogP contribution in [-0.2, 0) is 14.6 Å². The summed E-state index contributed by atoms with van der Waals surface area (Å²) < 4.78 is 0. The standard InChI is InChI=1S/C24H42O5/c1-16-8-9-19-21(3,4)11-7-12-23(19,6)24(16,27)15-14-22(5)13-10-18(28-29-22)17(2)20(25)26/h16-19,27H,7-15H2,1-6H3,(H,25,26)/t16-,17-,18+,19+,22-,23-,24-/m1/s1. The molecular weight excluding hydrogens is 368 g/mol. The molecule has 7 atom stereocenters. The molecule has 2 N–H and O–H groups in total. The second-order valence-corrected chi connectivity index (χ2v) is 11.5. The third kappa shape index (κ3) is 3.99. The van der Waals surface area contributed by atoms with Gasteiger partial charge in [0.25, 0.3) is 0 Å². The van der Waals surface area contributed by atoms with E-state index in [0.29, 0.717) is 18.8 Å². The van der Waals surface area contributed by atoms with Gasteiger partial charge in [0.05, 0.1) is 11.5 Å². The predicted molar refractivity (Wildman–Crippen MR) is 112 cm³/mol. The first-order chi connectivity index (χ1) is 13.3. The van der Waals surface area contributed by atoms with E-state index in [1.807, 2.05) is 6.92 Å². The SMILES string of the molecule is C[C@@H]1CC[C@H]2C(C)(C)CCC[C@@]2(C)[C@@]1(O)CC[C@@]1(C)CC[C@@H]([C@@H](C)C(=O)O)OO1. The summed E-state index contributed by atoms with van der Waals surface area (Å²) >= 11 is 0. The first-order valence-electron chi connectivity index (χ1n) is 11.6. The summed E-state index contributed by atoms with van der Waals surface area (Å²) in [6.07, 6.45) is 8.26. The molecule has 2 saturated carbocycles. The van der Waals surface area contributed by atoms with Crippen LogP contribution in [0, 0.1) is 28.6 Å². The fourth-order valence-electron chi connectivity index (χ4n) is 6.93. The Hall–Kier alpha value is -0.650. The molecule has 2 aliphatic carbocycles. The molecule has 3 aliphatic rings. The van der Waals surface area contributed by atoms with Crippen molar-refractivity contribution in [2.45, 2.75) is 117 Å². The largest absolute Gasteiger partial charge is 0.481 e. The van der Waals surface area contributed by atoms with Crippen LogP contribution in [0.25, 0.3) is 0 Å². The van der Waals surface area contributed by atoms with Gasteiger partial charge in [-0.1, -0.05) is 34.1 Å². The van der Waals surface area contributed by atoms with Crippen LogP contribution in [0.3, 0.4) is 0 Å². The monoisotopic (exact) mass is 410 g/mol. The van der Waals surface area contributed by atoms with Crippen molar-refractivity contribution in [3.8, 4) is 0 Å². The van der Waals surface area contributed by atoms with Crippen LogP contribution >= 0.6 is 0 Å². The van der Waals surface area contributed by atoms with Crippen LogP contribution < -0.4 is 0 Å². The molecule has 5 heteroatoms. The smallest absolute Gasteiger partial charge is 0.308 e. The molecule has 0 amide bonds. The van der Waals surface area contributed by atoms with Gasteiger partial charge in [-0.3, -0.25) is 4.79 Å². The second-order valence-electron chi connectivity index (χ2n) is 11.5. The van der Waals surface area contributed by atoms with E-state index >= 15 is 0 Å². The molecule has 1 aliphatic heterocycles. The Bertz CT molecular complexity index is 608. The zero-order chi connectivity index (χ0) is 21.7. The molecule has 0 aromatic rings. The summed E-state index contributed by atoms with van der Waals surface area (Å²) in [6, 6.07) is 0. The molecule has 0 bridgehead atoms. The van der Waals surface area contributed by atoms with Crippen molar-refractivity contribution in [3.05, 3.63) is 0 Å². The van der Waals surface area contributed by atoms with Gasteiger partial charge in [0.15, 0.2) is 0 Å². The van der Waals surface area contributed by atoms with Gasteiger partial charge in [-0.05, 0) is 87.9 Å². The summed E-state index contributed by atoms with van der Waals surface area (Å²) in [4.78, 5) is 22.5. The van der Waals surface area contributed by atoms with Gasteiger partial charge in [-0.15, -0.1) is 0 Å². The van der Waals surface area contributed by atoms with Crippen molar-refractivity contribution < 1.29 is 24.8 Å². The van der Waals surface area contributed by atoms with Crippen molar-refractivity contribution in [2.75, 3.05) is 0 Å². The number of aliphatic carboxylic acids is 1. The Balaban J connectivity index is 1.71. The average Bonchev–Trinajstić information content (AvgIpc) is 2.64. The lowest BCUT2D eigenvalue weighted by Crippen LogP contribution is -2.62. The first kappa shape index (κ1) is 23.0. The molecule has 29 heavy (non-hydrogen) atoms. The molecule has 0 spiro atoms. The number of aliphatic hydroxyl groups is 1. The van der Waals surface area contributed by atoms with E-state index in [0.717, 1.165) is 25.7 Å². The van der Waals surface area contributed by atoms with Crippen molar-refractivity contribution in [1.82, 2.24) is 0 Å². The Labute approximate surface area is 176 Å². The highest BCUT2D eigenvalue weighted by Crippen LogP contribution is 2.64. The van der Waals surface area contributed by atoms with E-state index in [1.54, 1.807) is 6.92 Å². The third-order valence-electron chi connectivity index (χ3n) is 9.24. The molecule has 1 saturated heterocycles. The minimum Gasteiger partial charge on any atom is -0.481 e. The van der Waals surface area contributed by atoms with Gasteiger partial charge >= 0.3 is 5.97 Å². The molecule has 0 aromatic carbocycles. The lowest BCUT2D eigenvalue weighted by molar-refractivity contribution is -0.412. The van der Waals surface area contributed by atoms with Crippen molar-refractivity contribution in [1.29, 1.82) is 0 Å². The van der Waals surface area contributed by atoms with Crippen molar-refractivity contribution in [2.24, 2.45) is 28.6 Å². The minimum atomic E-state index is -0.855. The highest BCUT2D eigenvalue weighted by molar-refractivity contribution is 5.70. The average molecular weight is 411 g/mol. The molecular formula is C24H42O5.